The van der Waals surface area contributed by atoms with E-state index in [4.69, 9.17) is 4.74 Å². The van der Waals surface area contributed by atoms with Gasteiger partial charge in [0.2, 0.25) is 0 Å². The van der Waals surface area contributed by atoms with Gasteiger partial charge in [0.15, 0.2) is 0 Å². The van der Waals surface area contributed by atoms with E-state index in [1.165, 1.54) is 10.5 Å². The van der Waals surface area contributed by atoms with E-state index in [2.05, 4.69) is 35.4 Å². The Balaban J connectivity index is 1.98. The molecule has 0 unspecified atom stereocenters. The number of thioether (sulfide) groups is 1. The van der Waals surface area contributed by atoms with E-state index in [0.29, 0.717) is 19.8 Å². The van der Waals surface area contributed by atoms with Gasteiger partial charge < -0.3 is 9.84 Å². The largest absolute Gasteiger partial charge is 0.389 e. The van der Waals surface area contributed by atoms with Gasteiger partial charge in [-0.3, -0.25) is 4.90 Å². The molecule has 1 heterocycles. The molecule has 1 aliphatic heterocycles. The molecule has 1 N–H and O–H groups in total. The highest BCUT2D eigenvalue weighted by molar-refractivity contribution is 7.98. The normalized spacial score (nSPS) is 22.4. The Hall–Kier alpha value is -0.550. The summed E-state index contributed by atoms with van der Waals surface area (Å²) in [7, 11) is 0. The van der Waals surface area contributed by atoms with Gasteiger partial charge in [0.25, 0.3) is 0 Å². The van der Waals surface area contributed by atoms with Crippen LogP contribution in [0.3, 0.4) is 0 Å². The SMILES string of the molecule is CSc1cccc(CN2CCOC[C@H](O)C2)c1. The predicted octanol–water partition coefficient (Wildman–Crippen LogP) is 1.60. The molecule has 0 aromatic heterocycles. The summed E-state index contributed by atoms with van der Waals surface area (Å²) in [4.78, 5) is 3.53. The van der Waals surface area contributed by atoms with Crippen molar-refractivity contribution in [3.05, 3.63) is 29.8 Å². The fraction of sp³-hybridized carbons (Fsp3) is 0.538. The zero-order valence-electron chi connectivity index (χ0n) is 10.1. The second-order valence-corrected chi connectivity index (χ2v) is 5.20. The lowest BCUT2D eigenvalue weighted by molar-refractivity contribution is 0.0562. The lowest BCUT2D eigenvalue weighted by Gasteiger charge is -2.21. The van der Waals surface area contributed by atoms with Crippen LogP contribution in [0, 0.1) is 0 Å². The molecule has 0 spiro atoms. The Morgan fingerprint density at radius 2 is 2.41 bits per heavy atom. The number of benzene rings is 1. The van der Waals surface area contributed by atoms with Gasteiger partial charge in [0, 0.05) is 24.5 Å². The van der Waals surface area contributed by atoms with Crippen LogP contribution in [-0.2, 0) is 11.3 Å². The number of aliphatic hydroxyl groups is 1. The van der Waals surface area contributed by atoms with Crippen molar-refractivity contribution in [2.24, 2.45) is 0 Å². The maximum Gasteiger partial charge on any atom is 0.0900 e. The fourth-order valence-electron chi connectivity index (χ4n) is 2.03. The number of hydrogen-bond acceptors (Lipinski definition) is 4. The Kier molecular flexibility index (Phi) is 4.86. The van der Waals surface area contributed by atoms with E-state index in [1.807, 2.05) is 0 Å². The number of aliphatic hydroxyl groups excluding tert-OH is 1. The summed E-state index contributed by atoms with van der Waals surface area (Å²) >= 11 is 1.76. The summed E-state index contributed by atoms with van der Waals surface area (Å²) in [6, 6.07) is 8.56. The van der Waals surface area contributed by atoms with E-state index < -0.39 is 0 Å². The third kappa shape index (κ3) is 4.00. The third-order valence-electron chi connectivity index (χ3n) is 2.87. The fourth-order valence-corrected chi connectivity index (χ4v) is 2.51. The molecule has 0 bridgehead atoms. The van der Waals surface area contributed by atoms with Crippen molar-refractivity contribution in [1.29, 1.82) is 0 Å². The van der Waals surface area contributed by atoms with E-state index in [1.54, 1.807) is 11.8 Å². The lowest BCUT2D eigenvalue weighted by Crippen LogP contribution is -2.32. The minimum Gasteiger partial charge on any atom is -0.389 e. The summed E-state index contributed by atoms with van der Waals surface area (Å²) in [5.74, 6) is 0. The summed E-state index contributed by atoms with van der Waals surface area (Å²) in [6.45, 7) is 3.64. The van der Waals surface area contributed by atoms with E-state index >= 15 is 0 Å². The lowest BCUT2D eigenvalue weighted by atomic mass is 10.2. The van der Waals surface area contributed by atoms with E-state index in [-0.39, 0.29) is 6.10 Å². The van der Waals surface area contributed by atoms with Crippen molar-refractivity contribution >= 4 is 11.8 Å². The first kappa shape index (κ1) is 12.9. The summed E-state index contributed by atoms with van der Waals surface area (Å²) in [5, 5.41) is 9.67. The van der Waals surface area contributed by atoms with Crippen LogP contribution in [0.5, 0.6) is 0 Å². The van der Waals surface area contributed by atoms with Crippen LogP contribution < -0.4 is 0 Å². The highest BCUT2D eigenvalue weighted by Gasteiger charge is 2.16. The van der Waals surface area contributed by atoms with Crippen LogP contribution in [0.1, 0.15) is 5.56 Å². The molecule has 0 aliphatic carbocycles. The molecule has 0 radical (unpaired) electrons. The average Bonchev–Trinajstić information content (AvgIpc) is 2.54. The number of rotatable bonds is 3. The quantitative estimate of drug-likeness (QED) is 0.830. The standard InChI is InChI=1S/C13H19NO2S/c1-17-13-4-2-3-11(7-13)8-14-5-6-16-10-12(15)9-14/h2-4,7,12,15H,5-6,8-10H2,1H3/t12-/m1/s1. The highest BCUT2D eigenvalue weighted by atomic mass is 32.2. The van der Waals surface area contributed by atoms with Gasteiger partial charge in [-0.25, -0.2) is 0 Å². The number of ether oxygens (including phenoxy) is 1. The third-order valence-corrected chi connectivity index (χ3v) is 3.60. The molecule has 3 nitrogen and oxygen atoms in total. The Labute approximate surface area is 107 Å². The number of β-amino-alcohol motifs (C(OH)–C–C–N with tert-alkyl or cyclic N) is 1. The highest BCUT2D eigenvalue weighted by Crippen LogP contribution is 2.17. The van der Waals surface area contributed by atoms with Crippen molar-refractivity contribution in [3.8, 4) is 0 Å². The summed E-state index contributed by atoms with van der Waals surface area (Å²) in [6.07, 6.45) is 1.73. The molecular formula is C13H19NO2S. The molecule has 1 fully saturated rings. The smallest absolute Gasteiger partial charge is 0.0900 e. The van der Waals surface area contributed by atoms with Gasteiger partial charge in [0.05, 0.1) is 19.3 Å². The van der Waals surface area contributed by atoms with Crippen LogP contribution in [0.15, 0.2) is 29.2 Å². The average molecular weight is 253 g/mol. The molecule has 1 aromatic rings. The molecule has 17 heavy (non-hydrogen) atoms. The molecule has 1 atom stereocenters. The van der Waals surface area contributed by atoms with Crippen LogP contribution >= 0.6 is 11.8 Å². The van der Waals surface area contributed by atoms with Crippen LogP contribution in [0.2, 0.25) is 0 Å². The van der Waals surface area contributed by atoms with Crippen molar-refractivity contribution < 1.29 is 9.84 Å². The number of nitrogens with zero attached hydrogens (tertiary/aromatic N) is 1. The Bertz CT molecular complexity index is 359. The van der Waals surface area contributed by atoms with Gasteiger partial charge in [-0.05, 0) is 24.0 Å². The van der Waals surface area contributed by atoms with Gasteiger partial charge in [-0.2, -0.15) is 0 Å². The molecule has 0 amide bonds. The maximum absolute atomic E-state index is 9.67. The van der Waals surface area contributed by atoms with Gasteiger partial charge in [0.1, 0.15) is 0 Å². The molecule has 1 saturated heterocycles. The zero-order valence-corrected chi connectivity index (χ0v) is 10.9. The minimum absolute atomic E-state index is 0.360. The monoisotopic (exact) mass is 253 g/mol. The Morgan fingerprint density at radius 1 is 1.53 bits per heavy atom. The molecule has 1 aromatic carbocycles. The summed E-state index contributed by atoms with van der Waals surface area (Å²) < 4.78 is 5.32. The second kappa shape index (κ2) is 6.40. The minimum atomic E-state index is -0.360. The molecule has 2 rings (SSSR count). The van der Waals surface area contributed by atoms with E-state index in [9.17, 15) is 5.11 Å². The van der Waals surface area contributed by atoms with Gasteiger partial charge in [-0.15, -0.1) is 11.8 Å². The first-order valence-corrected chi connectivity index (χ1v) is 7.11. The van der Waals surface area contributed by atoms with Crippen molar-refractivity contribution in [2.75, 3.05) is 32.6 Å². The molecule has 94 valence electrons. The maximum atomic E-state index is 9.67. The van der Waals surface area contributed by atoms with Crippen LogP contribution in [-0.4, -0.2) is 48.7 Å². The van der Waals surface area contributed by atoms with Crippen molar-refractivity contribution in [2.45, 2.75) is 17.5 Å². The van der Waals surface area contributed by atoms with Crippen molar-refractivity contribution in [1.82, 2.24) is 4.90 Å². The first-order chi connectivity index (χ1) is 8.28. The van der Waals surface area contributed by atoms with Gasteiger partial charge >= 0.3 is 0 Å². The summed E-state index contributed by atoms with van der Waals surface area (Å²) in [5.41, 5.74) is 1.30. The topological polar surface area (TPSA) is 32.7 Å². The zero-order chi connectivity index (χ0) is 12.1. The predicted molar refractivity (Wildman–Crippen MR) is 70.3 cm³/mol. The van der Waals surface area contributed by atoms with Crippen LogP contribution in [0.25, 0.3) is 0 Å². The molecule has 4 heteroatoms. The van der Waals surface area contributed by atoms with Crippen LogP contribution in [0.4, 0.5) is 0 Å². The van der Waals surface area contributed by atoms with Gasteiger partial charge in [-0.1, -0.05) is 12.1 Å². The number of hydrogen-bond donors (Lipinski definition) is 1. The molecular weight excluding hydrogens is 234 g/mol. The van der Waals surface area contributed by atoms with Crippen molar-refractivity contribution in [3.63, 3.8) is 0 Å². The molecule has 0 saturated carbocycles. The Morgan fingerprint density at radius 3 is 3.24 bits per heavy atom. The molecule has 1 aliphatic rings. The van der Waals surface area contributed by atoms with E-state index in [0.717, 1.165) is 13.1 Å². The second-order valence-electron chi connectivity index (χ2n) is 4.32. The first-order valence-electron chi connectivity index (χ1n) is 5.89.